The zero-order chi connectivity index (χ0) is 25.8. The van der Waals surface area contributed by atoms with E-state index in [1.165, 1.54) is 5.56 Å². The van der Waals surface area contributed by atoms with E-state index in [2.05, 4.69) is 53.0 Å². The number of ether oxygens (including phenoxy) is 2. The van der Waals surface area contributed by atoms with Gasteiger partial charge in [0.05, 0.1) is 26.0 Å². The van der Waals surface area contributed by atoms with Crippen LogP contribution in [0.3, 0.4) is 0 Å². The van der Waals surface area contributed by atoms with Crippen LogP contribution in [0.4, 0.5) is 11.5 Å². The largest absolute Gasteiger partial charge is 0.497 e. The van der Waals surface area contributed by atoms with Crippen LogP contribution in [0.25, 0.3) is 5.70 Å². The number of hydrogen-bond acceptors (Lipinski definition) is 5. The lowest BCUT2D eigenvalue weighted by atomic mass is 10.00. The molecule has 0 saturated heterocycles. The Hall–Kier alpha value is -4.52. The number of anilines is 2. The van der Waals surface area contributed by atoms with Crippen molar-refractivity contribution in [1.82, 2.24) is 9.78 Å². The second-order valence-corrected chi connectivity index (χ2v) is 8.74. The Morgan fingerprint density at radius 1 is 1.03 bits per heavy atom. The first-order valence-electron chi connectivity index (χ1n) is 12.4. The molecule has 1 amide bonds. The molecule has 0 unspecified atom stereocenters. The number of carbonyl (C=O) groups is 1. The molecule has 2 heterocycles. The predicted molar refractivity (Wildman–Crippen MR) is 146 cm³/mol. The van der Waals surface area contributed by atoms with Crippen LogP contribution < -0.4 is 20.1 Å². The van der Waals surface area contributed by atoms with E-state index in [1.54, 1.807) is 13.3 Å². The van der Waals surface area contributed by atoms with Gasteiger partial charge in [-0.15, -0.1) is 0 Å². The highest BCUT2D eigenvalue weighted by molar-refractivity contribution is 6.08. The molecule has 3 aromatic carbocycles. The third-order valence-corrected chi connectivity index (χ3v) is 6.41. The van der Waals surface area contributed by atoms with Gasteiger partial charge < -0.3 is 20.1 Å². The van der Waals surface area contributed by atoms with Crippen molar-refractivity contribution in [3.05, 3.63) is 107 Å². The van der Waals surface area contributed by atoms with E-state index in [0.717, 1.165) is 34.7 Å². The normalized spacial score (nSPS) is 14.2. The molecule has 1 aliphatic rings. The molecule has 7 heteroatoms. The van der Waals surface area contributed by atoms with Gasteiger partial charge in [0.25, 0.3) is 5.91 Å². The highest BCUT2D eigenvalue weighted by Crippen LogP contribution is 2.36. The Labute approximate surface area is 216 Å². The first-order chi connectivity index (χ1) is 18.1. The molecule has 0 radical (unpaired) electrons. The highest BCUT2D eigenvalue weighted by Gasteiger charge is 2.28. The van der Waals surface area contributed by atoms with E-state index in [0.29, 0.717) is 23.7 Å². The summed E-state index contributed by atoms with van der Waals surface area (Å²) >= 11 is 0. The SMILES string of the molecule is CCOc1ccc(NC(=O)c2cnn3c2NC(c2ccc(CC)cc2)=C[C@H]3c2cccc(OC)c2)cc1. The Bertz CT molecular complexity index is 1420. The molecule has 0 fully saturated rings. The molecule has 0 saturated carbocycles. The third-order valence-electron chi connectivity index (χ3n) is 6.41. The van der Waals surface area contributed by atoms with E-state index >= 15 is 0 Å². The maximum absolute atomic E-state index is 13.4. The van der Waals surface area contributed by atoms with Gasteiger partial charge in [0, 0.05) is 11.4 Å². The monoisotopic (exact) mass is 494 g/mol. The van der Waals surface area contributed by atoms with Crippen LogP contribution in [0.5, 0.6) is 11.5 Å². The number of benzene rings is 3. The number of aromatic nitrogens is 2. The van der Waals surface area contributed by atoms with Gasteiger partial charge in [0.2, 0.25) is 0 Å². The quantitative estimate of drug-likeness (QED) is 0.307. The first kappa shape index (κ1) is 24.2. The summed E-state index contributed by atoms with van der Waals surface area (Å²) in [5, 5.41) is 11.1. The third kappa shape index (κ3) is 5.07. The van der Waals surface area contributed by atoms with Crippen molar-refractivity contribution in [2.24, 2.45) is 0 Å². The molecule has 0 bridgehead atoms. The van der Waals surface area contributed by atoms with Gasteiger partial charge >= 0.3 is 0 Å². The fourth-order valence-electron chi connectivity index (χ4n) is 4.41. The van der Waals surface area contributed by atoms with Crippen LogP contribution in [0.15, 0.2) is 85.1 Å². The van der Waals surface area contributed by atoms with Gasteiger partial charge in [0.1, 0.15) is 22.9 Å². The molecule has 5 rings (SSSR count). The Kier molecular flexibility index (Phi) is 6.94. The van der Waals surface area contributed by atoms with E-state index in [-0.39, 0.29) is 11.9 Å². The van der Waals surface area contributed by atoms with E-state index in [9.17, 15) is 4.79 Å². The van der Waals surface area contributed by atoms with Crippen LogP contribution in [-0.4, -0.2) is 29.4 Å². The number of aryl methyl sites for hydroxylation is 1. The fourth-order valence-corrected chi connectivity index (χ4v) is 4.41. The van der Waals surface area contributed by atoms with Crippen molar-refractivity contribution in [1.29, 1.82) is 0 Å². The zero-order valence-electron chi connectivity index (χ0n) is 21.2. The van der Waals surface area contributed by atoms with E-state index in [4.69, 9.17) is 9.47 Å². The molecule has 1 aromatic heterocycles. The maximum atomic E-state index is 13.4. The number of fused-ring (bicyclic) bond motifs is 1. The zero-order valence-corrected chi connectivity index (χ0v) is 21.2. The topological polar surface area (TPSA) is 77.4 Å². The minimum atomic E-state index is -0.245. The molecule has 188 valence electrons. The molecule has 0 aliphatic carbocycles. The molecular formula is C30H30N4O3. The van der Waals surface area contributed by atoms with Crippen molar-refractivity contribution in [2.45, 2.75) is 26.3 Å². The molecule has 0 spiro atoms. The van der Waals surface area contributed by atoms with Gasteiger partial charge in [-0.25, -0.2) is 4.68 Å². The fraction of sp³-hybridized carbons (Fsp3) is 0.200. The summed E-state index contributed by atoms with van der Waals surface area (Å²) in [6.45, 7) is 4.66. The average molecular weight is 495 g/mol. The molecule has 1 aliphatic heterocycles. The van der Waals surface area contributed by atoms with Crippen molar-refractivity contribution in [3.63, 3.8) is 0 Å². The van der Waals surface area contributed by atoms with Crippen molar-refractivity contribution in [3.8, 4) is 11.5 Å². The lowest BCUT2D eigenvalue weighted by Crippen LogP contribution is -2.22. The van der Waals surface area contributed by atoms with Crippen LogP contribution in [-0.2, 0) is 6.42 Å². The van der Waals surface area contributed by atoms with Crippen molar-refractivity contribution >= 4 is 23.1 Å². The maximum Gasteiger partial charge on any atom is 0.261 e. The van der Waals surface area contributed by atoms with Gasteiger partial charge in [-0.2, -0.15) is 5.10 Å². The number of allylic oxidation sites excluding steroid dienone is 1. The number of methoxy groups -OCH3 is 1. The molecule has 2 N–H and O–H groups in total. The summed E-state index contributed by atoms with van der Waals surface area (Å²) in [6, 6.07) is 23.5. The molecule has 7 nitrogen and oxygen atoms in total. The van der Waals surface area contributed by atoms with Crippen LogP contribution in [0.2, 0.25) is 0 Å². The van der Waals surface area contributed by atoms with Gasteiger partial charge in [-0.1, -0.05) is 43.3 Å². The van der Waals surface area contributed by atoms with Crippen molar-refractivity contribution < 1.29 is 14.3 Å². The standard InChI is InChI=1S/C30H30N4O3/c1-4-20-9-11-21(12-10-20)27-18-28(22-7-6-8-25(17-22)36-3)34-29(33-27)26(19-31-34)30(35)32-23-13-15-24(16-14-23)37-5-2/h6-19,28,33H,4-5H2,1-3H3,(H,32,35)/t28-/m0/s1. The van der Waals surface area contributed by atoms with E-state index < -0.39 is 0 Å². The number of amides is 1. The predicted octanol–water partition coefficient (Wildman–Crippen LogP) is 6.16. The van der Waals surface area contributed by atoms with Crippen molar-refractivity contribution in [2.75, 3.05) is 24.4 Å². The van der Waals surface area contributed by atoms with E-state index in [1.807, 2.05) is 60.1 Å². The number of nitrogens with zero attached hydrogens (tertiary/aromatic N) is 2. The summed E-state index contributed by atoms with van der Waals surface area (Å²) in [6.07, 6.45) is 4.71. The summed E-state index contributed by atoms with van der Waals surface area (Å²) in [5.74, 6) is 1.91. The van der Waals surface area contributed by atoms with Crippen LogP contribution in [0, 0.1) is 0 Å². The average Bonchev–Trinajstić information content (AvgIpc) is 3.38. The first-order valence-corrected chi connectivity index (χ1v) is 12.4. The number of rotatable bonds is 8. The minimum Gasteiger partial charge on any atom is -0.497 e. The Morgan fingerprint density at radius 3 is 2.51 bits per heavy atom. The highest BCUT2D eigenvalue weighted by atomic mass is 16.5. The van der Waals surface area contributed by atoms with Crippen LogP contribution >= 0.6 is 0 Å². The summed E-state index contributed by atoms with van der Waals surface area (Å²) in [5.41, 5.74) is 5.36. The smallest absolute Gasteiger partial charge is 0.261 e. The summed E-state index contributed by atoms with van der Waals surface area (Å²) in [7, 11) is 1.65. The van der Waals surface area contributed by atoms with Gasteiger partial charge in [-0.05, 0) is 72.5 Å². The molecular weight excluding hydrogens is 464 g/mol. The Morgan fingerprint density at radius 2 is 1.81 bits per heavy atom. The van der Waals surface area contributed by atoms with Gasteiger partial charge in [0.15, 0.2) is 0 Å². The number of carbonyl (C=O) groups excluding carboxylic acids is 1. The number of nitrogens with one attached hydrogen (secondary N) is 2. The van der Waals surface area contributed by atoms with Crippen LogP contribution in [0.1, 0.15) is 46.9 Å². The summed E-state index contributed by atoms with van der Waals surface area (Å²) < 4.78 is 12.8. The van der Waals surface area contributed by atoms with Gasteiger partial charge in [-0.3, -0.25) is 4.79 Å². The summed E-state index contributed by atoms with van der Waals surface area (Å²) in [4.78, 5) is 13.4. The molecule has 37 heavy (non-hydrogen) atoms. The Balaban J connectivity index is 1.50. The minimum absolute atomic E-state index is 0.223. The second kappa shape index (κ2) is 10.6. The lowest BCUT2D eigenvalue weighted by Gasteiger charge is -2.26. The molecule has 1 atom stereocenters. The number of hydrogen-bond donors (Lipinski definition) is 2. The lowest BCUT2D eigenvalue weighted by molar-refractivity contribution is 0.102. The second-order valence-electron chi connectivity index (χ2n) is 8.74. The molecule has 4 aromatic rings.